The monoisotopic (exact) mass is 261 g/mol. The fourth-order valence-corrected chi connectivity index (χ4v) is 2.11. The number of nitrogen functional groups attached to an aromatic ring is 1. The van der Waals surface area contributed by atoms with Crippen molar-refractivity contribution >= 4 is 22.1 Å². The first-order valence-corrected chi connectivity index (χ1v) is 6.24. The summed E-state index contributed by atoms with van der Waals surface area (Å²) in [5.74, 6) is 0. The molecule has 1 aromatic heterocycles. The van der Waals surface area contributed by atoms with Crippen molar-refractivity contribution in [3.8, 4) is 0 Å². The number of rotatable bonds is 6. The maximum atomic E-state index is 9.07. The molecule has 5 heteroatoms. The van der Waals surface area contributed by atoms with Gasteiger partial charge in [-0.2, -0.15) is 0 Å². The first-order chi connectivity index (χ1) is 9.26. The number of anilines is 2. The molecule has 5 nitrogen and oxygen atoms in total. The van der Waals surface area contributed by atoms with E-state index in [2.05, 4.69) is 10.3 Å². The summed E-state index contributed by atoms with van der Waals surface area (Å²) in [5.41, 5.74) is 7.63. The van der Waals surface area contributed by atoms with E-state index in [0.29, 0.717) is 13.0 Å². The minimum absolute atomic E-state index is 0.0574. The Morgan fingerprint density at radius 2 is 2.21 bits per heavy atom. The molecule has 1 aromatic carbocycles. The van der Waals surface area contributed by atoms with Crippen molar-refractivity contribution in [3.63, 3.8) is 0 Å². The van der Waals surface area contributed by atoms with Crippen molar-refractivity contribution in [2.24, 2.45) is 0 Å². The van der Waals surface area contributed by atoms with E-state index in [1.54, 1.807) is 19.5 Å². The number of aliphatic hydroxyl groups is 1. The van der Waals surface area contributed by atoms with Crippen LogP contribution in [0.4, 0.5) is 11.4 Å². The zero-order valence-electron chi connectivity index (χ0n) is 11.0. The summed E-state index contributed by atoms with van der Waals surface area (Å²) in [6.07, 6.45) is 4.14. The summed E-state index contributed by atoms with van der Waals surface area (Å²) in [6, 6.07) is 5.75. The number of nitrogens with one attached hydrogen (secondary N) is 1. The first-order valence-electron chi connectivity index (χ1n) is 6.24. The summed E-state index contributed by atoms with van der Waals surface area (Å²) in [6.45, 7) is 0.652. The smallest absolute Gasteiger partial charge is 0.0664 e. The molecule has 0 spiro atoms. The number of nitrogens with zero attached hydrogens (tertiary/aromatic N) is 1. The highest BCUT2D eigenvalue weighted by atomic mass is 16.5. The van der Waals surface area contributed by atoms with Gasteiger partial charge in [0.05, 0.1) is 12.6 Å². The Labute approximate surface area is 112 Å². The molecular weight excluding hydrogens is 242 g/mol. The number of aliphatic hydroxyl groups excluding tert-OH is 1. The van der Waals surface area contributed by atoms with Crippen LogP contribution in [0.1, 0.15) is 6.42 Å². The van der Waals surface area contributed by atoms with Gasteiger partial charge >= 0.3 is 0 Å². The number of nitrogens with two attached hydrogens (primary N) is 1. The molecule has 0 saturated carbocycles. The van der Waals surface area contributed by atoms with Gasteiger partial charge in [0.15, 0.2) is 0 Å². The second-order valence-electron chi connectivity index (χ2n) is 4.43. The third kappa shape index (κ3) is 3.13. The van der Waals surface area contributed by atoms with E-state index >= 15 is 0 Å². The Hall–Kier alpha value is -1.85. The second-order valence-corrected chi connectivity index (χ2v) is 4.43. The van der Waals surface area contributed by atoms with Gasteiger partial charge in [-0.15, -0.1) is 0 Å². The number of benzene rings is 1. The maximum absolute atomic E-state index is 9.07. The highest BCUT2D eigenvalue weighted by Gasteiger charge is 2.10. The molecule has 1 atom stereocenters. The van der Waals surface area contributed by atoms with Crippen LogP contribution in [0.2, 0.25) is 0 Å². The normalized spacial score (nSPS) is 12.5. The second kappa shape index (κ2) is 6.36. The van der Waals surface area contributed by atoms with E-state index in [0.717, 1.165) is 22.1 Å². The number of hydrogen-bond donors (Lipinski definition) is 3. The Bertz CT molecular complexity index is 539. The molecule has 0 bridgehead atoms. The van der Waals surface area contributed by atoms with E-state index in [1.807, 2.05) is 18.2 Å². The lowest BCUT2D eigenvalue weighted by Crippen LogP contribution is -2.26. The van der Waals surface area contributed by atoms with Crippen LogP contribution >= 0.6 is 0 Å². The number of fused-ring (bicyclic) bond motifs is 1. The van der Waals surface area contributed by atoms with Crippen LogP contribution in [-0.2, 0) is 4.74 Å². The molecule has 1 unspecified atom stereocenters. The van der Waals surface area contributed by atoms with Gasteiger partial charge in [-0.3, -0.25) is 4.98 Å². The average molecular weight is 261 g/mol. The van der Waals surface area contributed by atoms with Crippen molar-refractivity contribution in [2.45, 2.75) is 12.5 Å². The fourth-order valence-electron chi connectivity index (χ4n) is 2.11. The molecule has 2 rings (SSSR count). The van der Waals surface area contributed by atoms with E-state index in [9.17, 15) is 0 Å². The zero-order chi connectivity index (χ0) is 13.7. The van der Waals surface area contributed by atoms with Crippen molar-refractivity contribution < 1.29 is 9.84 Å². The molecule has 0 aliphatic rings. The largest absolute Gasteiger partial charge is 0.398 e. The highest BCUT2D eigenvalue weighted by Crippen LogP contribution is 2.28. The number of hydrogen-bond acceptors (Lipinski definition) is 5. The van der Waals surface area contributed by atoms with Crippen LogP contribution in [0, 0.1) is 0 Å². The molecule has 0 aliphatic heterocycles. The lowest BCUT2D eigenvalue weighted by molar-refractivity contribution is 0.170. The molecule has 4 N–H and O–H groups in total. The van der Waals surface area contributed by atoms with Crippen molar-refractivity contribution in [1.29, 1.82) is 0 Å². The van der Waals surface area contributed by atoms with E-state index in [-0.39, 0.29) is 12.6 Å². The Morgan fingerprint density at radius 1 is 1.37 bits per heavy atom. The number of pyridine rings is 1. The maximum Gasteiger partial charge on any atom is 0.0664 e. The standard InChI is InChI=1S/C14H19N3O2/c1-19-9-10(5-7-18)17-14-3-2-13(15)11-4-6-16-8-12(11)14/h2-4,6,8,10,17-18H,5,7,9,15H2,1H3. The minimum atomic E-state index is 0.0574. The summed E-state index contributed by atoms with van der Waals surface area (Å²) < 4.78 is 5.15. The predicted molar refractivity (Wildman–Crippen MR) is 77.1 cm³/mol. The topological polar surface area (TPSA) is 80.4 Å². The molecule has 0 radical (unpaired) electrons. The van der Waals surface area contributed by atoms with Gasteiger partial charge in [0.1, 0.15) is 0 Å². The molecule has 102 valence electrons. The molecule has 0 amide bonds. The molecule has 0 aliphatic carbocycles. The summed E-state index contributed by atoms with van der Waals surface area (Å²) in [7, 11) is 1.65. The molecule has 0 saturated heterocycles. The van der Waals surface area contributed by atoms with Crippen molar-refractivity contribution in [2.75, 3.05) is 31.4 Å². The van der Waals surface area contributed by atoms with E-state index in [4.69, 9.17) is 15.6 Å². The van der Waals surface area contributed by atoms with Gasteiger partial charge in [-0.1, -0.05) is 0 Å². The molecular formula is C14H19N3O2. The van der Waals surface area contributed by atoms with Crippen LogP contribution in [0.15, 0.2) is 30.6 Å². The quantitative estimate of drug-likeness (QED) is 0.689. The van der Waals surface area contributed by atoms with Crippen LogP contribution in [0.5, 0.6) is 0 Å². The number of ether oxygens (including phenoxy) is 1. The Kier molecular flexibility index (Phi) is 4.54. The van der Waals surface area contributed by atoms with Gasteiger partial charge in [-0.05, 0) is 24.6 Å². The third-order valence-corrected chi connectivity index (χ3v) is 3.06. The van der Waals surface area contributed by atoms with Crippen LogP contribution < -0.4 is 11.1 Å². The molecule has 1 heterocycles. The average Bonchev–Trinajstić information content (AvgIpc) is 2.43. The van der Waals surface area contributed by atoms with Gasteiger partial charge in [0, 0.05) is 48.3 Å². The lowest BCUT2D eigenvalue weighted by atomic mass is 10.1. The summed E-state index contributed by atoms with van der Waals surface area (Å²) in [4.78, 5) is 4.14. The van der Waals surface area contributed by atoms with Crippen LogP contribution in [-0.4, -0.2) is 36.5 Å². The van der Waals surface area contributed by atoms with Gasteiger partial charge in [0.2, 0.25) is 0 Å². The van der Waals surface area contributed by atoms with Crippen molar-refractivity contribution in [3.05, 3.63) is 30.6 Å². The molecule has 0 fully saturated rings. The van der Waals surface area contributed by atoms with E-state index < -0.39 is 0 Å². The number of aromatic nitrogens is 1. The molecule has 19 heavy (non-hydrogen) atoms. The Balaban J connectivity index is 2.31. The van der Waals surface area contributed by atoms with Gasteiger partial charge in [0.25, 0.3) is 0 Å². The minimum Gasteiger partial charge on any atom is -0.398 e. The predicted octanol–water partition coefficient (Wildman–Crippen LogP) is 1.63. The summed E-state index contributed by atoms with van der Waals surface area (Å²) >= 11 is 0. The van der Waals surface area contributed by atoms with E-state index in [1.165, 1.54) is 0 Å². The van der Waals surface area contributed by atoms with Gasteiger partial charge < -0.3 is 20.9 Å². The van der Waals surface area contributed by atoms with Crippen LogP contribution in [0.25, 0.3) is 10.8 Å². The van der Waals surface area contributed by atoms with Crippen molar-refractivity contribution in [1.82, 2.24) is 4.98 Å². The first kappa shape index (κ1) is 13.6. The third-order valence-electron chi connectivity index (χ3n) is 3.06. The summed E-state index contributed by atoms with van der Waals surface area (Å²) in [5, 5.41) is 14.4. The SMILES string of the molecule is COCC(CCO)Nc1ccc(N)c2ccncc12. The Morgan fingerprint density at radius 3 is 2.95 bits per heavy atom. The molecule has 2 aromatic rings. The fraction of sp³-hybridized carbons (Fsp3) is 0.357. The van der Waals surface area contributed by atoms with Crippen LogP contribution in [0.3, 0.4) is 0 Å². The zero-order valence-corrected chi connectivity index (χ0v) is 11.0. The lowest BCUT2D eigenvalue weighted by Gasteiger charge is -2.19. The highest BCUT2D eigenvalue weighted by molar-refractivity contribution is 6.00. The van der Waals surface area contributed by atoms with Gasteiger partial charge in [-0.25, -0.2) is 0 Å². The number of methoxy groups -OCH3 is 1.